The molecule has 2 aliphatic heterocycles. The van der Waals surface area contributed by atoms with Crippen molar-refractivity contribution in [2.24, 2.45) is 5.92 Å². The van der Waals surface area contributed by atoms with Crippen molar-refractivity contribution >= 4 is 11.9 Å². The summed E-state index contributed by atoms with van der Waals surface area (Å²) in [7, 11) is 0. The largest absolute Gasteiger partial charge is 0.542 e. The minimum absolute atomic E-state index is 0.0417. The maximum absolute atomic E-state index is 11.3. The Hall–Kier alpha value is -1.80. The van der Waals surface area contributed by atoms with Crippen molar-refractivity contribution < 1.29 is 54.4 Å². The second-order valence-corrected chi connectivity index (χ2v) is 7.27. The predicted molar refractivity (Wildman–Crippen MR) is 95.1 cm³/mol. The number of rotatable bonds is 9. The fraction of sp³-hybridized carbons (Fsp3) is 0.778. The van der Waals surface area contributed by atoms with E-state index in [4.69, 9.17) is 14.2 Å². The number of amides is 1. The molecule has 0 bridgehead atoms. The lowest BCUT2D eigenvalue weighted by Gasteiger charge is -2.42. The molecule has 30 heavy (non-hydrogen) atoms. The first-order valence-electron chi connectivity index (χ1n) is 9.59. The van der Waals surface area contributed by atoms with Gasteiger partial charge in [0.25, 0.3) is 0 Å². The van der Waals surface area contributed by atoms with E-state index in [0.717, 1.165) is 6.08 Å². The van der Waals surface area contributed by atoms with Crippen LogP contribution >= 0.6 is 0 Å². The van der Waals surface area contributed by atoms with Crippen LogP contribution in [0.2, 0.25) is 0 Å². The highest BCUT2D eigenvalue weighted by molar-refractivity contribution is 5.82. The molecule has 0 aromatic rings. The molecule has 0 aromatic carbocycles. The van der Waals surface area contributed by atoms with Gasteiger partial charge >= 0.3 is 0 Å². The summed E-state index contributed by atoms with van der Waals surface area (Å²) in [4.78, 5) is 22.1. The standard InChI is InChI=1S/C18H29NO11/c1-8(21)19-14-15(23)9(13(7-20)30-18(14)27)2-4-28-5-3-11-16(24)10(22)6-12(29-11)17(25)26/h6,9-11,13-16,18,20,22-24,27H,2-5,7H2,1H3,(H,19,21)(H,25,26)/p-1/t9-,10-,11+,13?,14?,15-,16?,18-/m1/s1. The van der Waals surface area contributed by atoms with Crippen molar-refractivity contribution in [2.45, 2.75) is 62.6 Å². The third-order valence-electron chi connectivity index (χ3n) is 5.13. The Labute approximate surface area is 172 Å². The predicted octanol–water partition coefficient (Wildman–Crippen LogP) is -4.27. The van der Waals surface area contributed by atoms with Gasteiger partial charge in [-0.05, 0) is 12.5 Å². The molecule has 2 rings (SSSR count). The van der Waals surface area contributed by atoms with Gasteiger partial charge in [-0.15, -0.1) is 0 Å². The number of carboxylic acids is 1. The Morgan fingerprint density at radius 2 is 1.80 bits per heavy atom. The summed E-state index contributed by atoms with van der Waals surface area (Å²) in [5.41, 5.74) is 0. The maximum Gasteiger partial charge on any atom is 0.217 e. The van der Waals surface area contributed by atoms with E-state index in [9.17, 15) is 40.2 Å². The Kier molecular flexibility index (Phi) is 8.97. The Morgan fingerprint density at radius 1 is 1.13 bits per heavy atom. The van der Waals surface area contributed by atoms with E-state index >= 15 is 0 Å². The minimum Gasteiger partial charge on any atom is -0.542 e. The SMILES string of the molecule is CC(=O)NC1[C@H](O)OC(CO)[C@@H](CCOCC[C@@H]2OC(C(=O)[O-])=C[C@@H](O)C2O)[C@H]1O. The second kappa shape index (κ2) is 11.0. The lowest BCUT2D eigenvalue weighted by Crippen LogP contribution is -2.61. The number of aliphatic hydroxyl groups is 5. The molecule has 3 unspecified atom stereocenters. The van der Waals surface area contributed by atoms with Gasteiger partial charge in [0.2, 0.25) is 5.91 Å². The highest BCUT2D eigenvalue weighted by Crippen LogP contribution is 2.28. The first-order chi connectivity index (χ1) is 14.1. The Balaban J connectivity index is 1.82. The molecular weight excluding hydrogens is 406 g/mol. The number of hydrogen-bond acceptors (Lipinski definition) is 11. The van der Waals surface area contributed by atoms with Crippen LogP contribution in [0, 0.1) is 5.92 Å². The van der Waals surface area contributed by atoms with Crippen LogP contribution in [0.25, 0.3) is 0 Å². The van der Waals surface area contributed by atoms with Crippen molar-refractivity contribution in [3.63, 3.8) is 0 Å². The van der Waals surface area contributed by atoms with Crippen LogP contribution in [0.3, 0.4) is 0 Å². The fourth-order valence-electron chi connectivity index (χ4n) is 3.56. The summed E-state index contributed by atoms with van der Waals surface area (Å²) in [6, 6.07) is -1.06. The number of hydrogen-bond donors (Lipinski definition) is 6. The van der Waals surface area contributed by atoms with Gasteiger partial charge in [0.15, 0.2) is 6.29 Å². The Morgan fingerprint density at radius 3 is 2.40 bits per heavy atom. The van der Waals surface area contributed by atoms with Gasteiger partial charge in [-0.2, -0.15) is 0 Å². The zero-order valence-corrected chi connectivity index (χ0v) is 16.4. The number of carboxylic acid groups (broad SMARTS) is 1. The molecule has 0 saturated carbocycles. The highest BCUT2D eigenvalue weighted by atomic mass is 16.6. The number of carbonyl (C=O) groups excluding carboxylic acids is 2. The first-order valence-corrected chi connectivity index (χ1v) is 9.59. The van der Waals surface area contributed by atoms with E-state index in [1.807, 2.05) is 0 Å². The second-order valence-electron chi connectivity index (χ2n) is 7.27. The molecule has 2 aliphatic rings. The van der Waals surface area contributed by atoms with E-state index < -0.39 is 73.0 Å². The molecule has 12 nitrogen and oxygen atoms in total. The summed E-state index contributed by atoms with van der Waals surface area (Å²) in [6.45, 7) is 0.915. The normalized spacial score (nSPS) is 36.5. The van der Waals surface area contributed by atoms with E-state index in [0.29, 0.717) is 0 Å². The van der Waals surface area contributed by atoms with Gasteiger partial charge in [-0.25, -0.2) is 0 Å². The number of nitrogens with one attached hydrogen (secondary N) is 1. The van der Waals surface area contributed by atoms with Crippen LogP contribution in [0.5, 0.6) is 0 Å². The van der Waals surface area contributed by atoms with Crippen molar-refractivity contribution in [2.75, 3.05) is 19.8 Å². The fourth-order valence-corrected chi connectivity index (χ4v) is 3.56. The lowest BCUT2D eigenvalue weighted by molar-refractivity contribution is -0.305. The van der Waals surface area contributed by atoms with Crippen LogP contribution in [0.1, 0.15) is 19.8 Å². The average molecular weight is 434 g/mol. The molecule has 8 atom stereocenters. The third kappa shape index (κ3) is 6.11. The molecule has 1 fully saturated rings. The number of aliphatic carboxylic acids is 1. The molecule has 12 heteroatoms. The topological polar surface area (TPSA) is 198 Å². The monoisotopic (exact) mass is 434 g/mol. The van der Waals surface area contributed by atoms with E-state index in [-0.39, 0.29) is 26.1 Å². The molecule has 0 radical (unpaired) electrons. The smallest absolute Gasteiger partial charge is 0.217 e. The summed E-state index contributed by atoms with van der Waals surface area (Å²) in [5.74, 6) is -3.27. The van der Waals surface area contributed by atoms with Gasteiger partial charge in [-0.3, -0.25) is 4.79 Å². The minimum atomic E-state index is -1.61. The van der Waals surface area contributed by atoms with E-state index in [1.165, 1.54) is 6.92 Å². The number of aliphatic hydroxyl groups excluding tert-OH is 5. The third-order valence-corrected chi connectivity index (χ3v) is 5.13. The number of carbonyl (C=O) groups is 2. The van der Waals surface area contributed by atoms with Gasteiger partial charge in [0.05, 0.1) is 25.4 Å². The molecule has 2 heterocycles. The van der Waals surface area contributed by atoms with Gasteiger partial charge < -0.3 is 55.0 Å². The van der Waals surface area contributed by atoms with Crippen LogP contribution in [-0.4, -0.2) is 100 Å². The molecule has 0 aliphatic carbocycles. The van der Waals surface area contributed by atoms with Crippen LogP contribution in [0.4, 0.5) is 0 Å². The van der Waals surface area contributed by atoms with E-state index in [2.05, 4.69) is 5.32 Å². The van der Waals surface area contributed by atoms with Crippen LogP contribution in [-0.2, 0) is 23.8 Å². The molecule has 0 aromatic heterocycles. The van der Waals surface area contributed by atoms with Crippen molar-refractivity contribution in [3.8, 4) is 0 Å². The van der Waals surface area contributed by atoms with Crippen LogP contribution < -0.4 is 10.4 Å². The lowest BCUT2D eigenvalue weighted by atomic mass is 9.85. The zero-order valence-electron chi connectivity index (χ0n) is 16.4. The summed E-state index contributed by atoms with van der Waals surface area (Å²) in [5, 5.41) is 62.7. The van der Waals surface area contributed by atoms with Gasteiger partial charge in [-0.1, -0.05) is 0 Å². The molecule has 6 N–H and O–H groups in total. The average Bonchev–Trinajstić information content (AvgIpc) is 2.68. The summed E-state index contributed by atoms with van der Waals surface area (Å²) < 4.78 is 15.8. The molecule has 172 valence electrons. The number of ether oxygens (including phenoxy) is 3. The quantitative estimate of drug-likeness (QED) is 0.192. The summed E-state index contributed by atoms with van der Waals surface area (Å²) >= 11 is 0. The Bertz CT molecular complexity index is 627. The van der Waals surface area contributed by atoms with E-state index in [1.54, 1.807) is 0 Å². The summed E-state index contributed by atoms with van der Waals surface area (Å²) in [6.07, 6.45) is -6.12. The van der Waals surface area contributed by atoms with Gasteiger partial charge in [0.1, 0.15) is 36.1 Å². The first kappa shape index (κ1) is 24.5. The van der Waals surface area contributed by atoms with Crippen LogP contribution in [0.15, 0.2) is 11.8 Å². The molecule has 0 spiro atoms. The van der Waals surface area contributed by atoms with Gasteiger partial charge in [0, 0.05) is 25.9 Å². The van der Waals surface area contributed by atoms with Crippen molar-refractivity contribution in [1.29, 1.82) is 0 Å². The molecular formula is C18H28NO11-. The zero-order chi connectivity index (χ0) is 22.4. The van der Waals surface area contributed by atoms with Crippen molar-refractivity contribution in [3.05, 3.63) is 11.8 Å². The highest BCUT2D eigenvalue weighted by Gasteiger charge is 2.44. The maximum atomic E-state index is 11.3. The molecule has 1 amide bonds. The molecule has 1 saturated heterocycles. The van der Waals surface area contributed by atoms with Crippen molar-refractivity contribution in [1.82, 2.24) is 5.32 Å².